The smallest absolute Gasteiger partial charge is 0.446 e. The quantitative estimate of drug-likeness (QED) is 0.140. The third kappa shape index (κ3) is 6.49. The number of alkyl halides is 11. The number of hydrogen-bond donors (Lipinski definition) is 0. The van der Waals surface area contributed by atoms with E-state index in [2.05, 4.69) is 9.47 Å². The molecule has 0 spiro atoms. The molecule has 0 aliphatic heterocycles. The number of nitrogens with zero attached hydrogens (tertiary/aromatic N) is 1. The summed E-state index contributed by atoms with van der Waals surface area (Å²) in [6, 6.07) is 1.65. The summed E-state index contributed by atoms with van der Waals surface area (Å²) in [5, 5.41) is 10.9. The first-order valence-corrected chi connectivity index (χ1v) is 8.37. The number of nitro groups is 1. The number of rotatable bonds is 10. The molecule has 0 radical (unpaired) electrons. The van der Waals surface area contributed by atoms with Gasteiger partial charge in [-0.1, -0.05) is 0 Å². The average molecular weight is 511 g/mol. The molecule has 1 rings (SSSR count). The zero-order chi connectivity index (χ0) is 25.1. The van der Waals surface area contributed by atoms with Gasteiger partial charge in [-0.3, -0.25) is 10.1 Å². The molecule has 0 amide bonds. The van der Waals surface area contributed by atoms with Crippen LogP contribution in [0.3, 0.4) is 0 Å². The fourth-order valence-corrected chi connectivity index (χ4v) is 2.35. The number of carbonyl (C=O) groups is 1. The second kappa shape index (κ2) is 9.53. The minimum atomic E-state index is -6.62. The molecule has 0 aromatic heterocycles. The van der Waals surface area contributed by atoms with Crippen molar-refractivity contribution in [2.24, 2.45) is 0 Å². The molecule has 0 aliphatic rings. The summed E-state index contributed by atoms with van der Waals surface area (Å²) in [5.74, 6) is -21.9. The highest BCUT2D eigenvalue weighted by atomic mass is 32.2. The number of halogens is 11. The second-order valence-corrected chi connectivity index (χ2v) is 6.72. The van der Waals surface area contributed by atoms with Crippen LogP contribution in [0.5, 0.6) is 5.75 Å². The largest absolute Gasteiger partial charge is 0.475 e. The molecule has 0 heterocycles. The van der Waals surface area contributed by atoms with Crippen LogP contribution in [0, 0.1) is 10.1 Å². The highest BCUT2D eigenvalue weighted by Crippen LogP contribution is 2.48. The van der Waals surface area contributed by atoms with Crippen LogP contribution in [0.15, 0.2) is 23.1 Å². The van der Waals surface area contributed by atoms with Gasteiger partial charge in [0.05, 0.1) is 4.92 Å². The Labute approximate surface area is 173 Å². The highest BCUT2D eigenvalue weighted by molar-refractivity contribution is 8.00. The third-order valence-corrected chi connectivity index (χ3v) is 3.99. The number of ether oxygens (including phenoxy) is 2. The third-order valence-electron chi connectivity index (χ3n) is 3.27. The molecular formula is C14H8F11NO5S. The van der Waals surface area contributed by atoms with Crippen molar-refractivity contribution in [3.8, 4) is 5.75 Å². The zero-order valence-corrected chi connectivity index (χ0v) is 15.6. The topological polar surface area (TPSA) is 78.7 Å². The van der Waals surface area contributed by atoms with E-state index in [1.165, 1.54) is 0 Å². The summed E-state index contributed by atoms with van der Waals surface area (Å²) in [4.78, 5) is 20.3. The van der Waals surface area contributed by atoms with Crippen LogP contribution in [0.1, 0.15) is 0 Å². The summed E-state index contributed by atoms with van der Waals surface area (Å²) in [7, 11) is 0. The molecule has 1 aromatic rings. The molecule has 0 aliphatic carbocycles. The Morgan fingerprint density at radius 2 is 1.62 bits per heavy atom. The number of thioether (sulfide) groups is 1. The number of hydrogen-bond acceptors (Lipinski definition) is 6. The Morgan fingerprint density at radius 1 is 1.06 bits per heavy atom. The van der Waals surface area contributed by atoms with Crippen LogP contribution >= 0.6 is 11.8 Å². The van der Waals surface area contributed by atoms with Gasteiger partial charge in [-0.2, -0.15) is 39.5 Å². The molecule has 0 bridgehead atoms. The number of esters is 1. The van der Waals surface area contributed by atoms with Crippen molar-refractivity contribution in [1.82, 2.24) is 0 Å². The van der Waals surface area contributed by atoms with Crippen molar-refractivity contribution in [2.45, 2.75) is 34.6 Å². The minimum Gasteiger partial charge on any atom is -0.475 e. The zero-order valence-electron chi connectivity index (χ0n) is 14.8. The van der Waals surface area contributed by atoms with Crippen molar-refractivity contribution in [3.63, 3.8) is 0 Å². The Morgan fingerprint density at radius 3 is 2.09 bits per heavy atom. The van der Waals surface area contributed by atoms with Crippen LogP contribution in [0.4, 0.5) is 54.0 Å². The van der Waals surface area contributed by atoms with Gasteiger partial charge in [0.2, 0.25) is 0 Å². The van der Waals surface area contributed by atoms with Gasteiger partial charge in [-0.15, -0.1) is 0 Å². The maximum atomic E-state index is 13.3. The van der Waals surface area contributed by atoms with Crippen molar-refractivity contribution >= 4 is 23.4 Å². The van der Waals surface area contributed by atoms with E-state index in [9.17, 15) is 63.2 Å². The van der Waals surface area contributed by atoms with E-state index in [1.54, 1.807) is 0 Å². The molecule has 6 nitrogen and oxygen atoms in total. The normalized spacial score (nSPS) is 13.2. The molecule has 182 valence electrons. The average Bonchev–Trinajstić information content (AvgIpc) is 2.63. The Bertz CT molecular complexity index is 847. The second-order valence-electron chi connectivity index (χ2n) is 5.59. The molecule has 0 saturated heterocycles. The van der Waals surface area contributed by atoms with E-state index in [4.69, 9.17) is 0 Å². The van der Waals surface area contributed by atoms with Gasteiger partial charge in [-0.05, 0) is 23.9 Å². The summed E-state index contributed by atoms with van der Waals surface area (Å²) in [5.41, 5.74) is -5.92. The van der Waals surface area contributed by atoms with Crippen LogP contribution in [0.25, 0.3) is 0 Å². The predicted molar refractivity (Wildman–Crippen MR) is 82.3 cm³/mol. The van der Waals surface area contributed by atoms with Gasteiger partial charge in [0.1, 0.15) is 0 Å². The molecule has 0 unspecified atom stereocenters. The summed E-state index contributed by atoms with van der Waals surface area (Å²) in [6.07, 6.45) is -5.18. The number of carbonyl (C=O) groups excluding carboxylic acids is 1. The summed E-state index contributed by atoms with van der Waals surface area (Å²) in [6.45, 7) is -4.30. The van der Waals surface area contributed by atoms with Crippen LogP contribution in [0.2, 0.25) is 0 Å². The lowest BCUT2D eigenvalue weighted by atomic mass is 10.1. The SMILES string of the molecule is O=C(COc1ccc(SC(F)(F)F)cc1[N+](=O)[O-])OCC(F)(F)C(F)(F)C(F)(F)C(F)F. The molecule has 1 aromatic carbocycles. The molecule has 18 heteroatoms. The maximum absolute atomic E-state index is 13.3. The van der Waals surface area contributed by atoms with E-state index in [1.807, 2.05) is 0 Å². The van der Waals surface area contributed by atoms with Gasteiger partial charge < -0.3 is 9.47 Å². The van der Waals surface area contributed by atoms with Gasteiger partial charge in [0, 0.05) is 11.0 Å². The fourth-order valence-electron chi connectivity index (χ4n) is 1.78. The standard InChI is InChI=1S/C14H8F11NO5S/c15-10(16)12(19,20)13(21,22)11(17,18)5-31-9(27)4-30-8-2-1-6(32-14(23,24)25)3-7(8)26(28)29/h1-3,10H,4-5H2. The van der Waals surface area contributed by atoms with E-state index in [-0.39, 0.29) is 0 Å². The van der Waals surface area contributed by atoms with Crippen LogP contribution < -0.4 is 4.74 Å². The van der Waals surface area contributed by atoms with Crippen LogP contribution in [-0.4, -0.2) is 53.8 Å². The van der Waals surface area contributed by atoms with Crippen LogP contribution in [-0.2, 0) is 9.53 Å². The van der Waals surface area contributed by atoms with Gasteiger partial charge in [-0.25, -0.2) is 13.6 Å². The van der Waals surface area contributed by atoms with E-state index in [0.29, 0.717) is 18.2 Å². The summed E-state index contributed by atoms with van der Waals surface area (Å²) < 4.78 is 147. The summed E-state index contributed by atoms with van der Waals surface area (Å²) >= 11 is -0.738. The number of benzene rings is 1. The lowest BCUT2D eigenvalue weighted by Crippen LogP contribution is -2.59. The predicted octanol–water partition coefficient (Wildman–Crippen LogP) is 5.30. The highest BCUT2D eigenvalue weighted by Gasteiger charge is 2.75. The molecule has 0 atom stereocenters. The fraction of sp³-hybridized carbons (Fsp3) is 0.500. The Kier molecular flexibility index (Phi) is 8.19. The lowest BCUT2D eigenvalue weighted by molar-refractivity contribution is -0.386. The van der Waals surface area contributed by atoms with Crippen molar-refractivity contribution < 1.29 is 67.5 Å². The molecule has 0 N–H and O–H groups in total. The lowest BCUT2D eigenvalue weighted by Gasteiger charge is -2.31. The van der Waals surface area contributed by atoms with Crippen molar-refractivity contribution in [1.29, 1.82) is 0 Å². The monoisotopic (exact) mass is 511 g/mol. The van der Waals surface area contributed by atoms with Crippen molar-refractivity contribution in [3.05, 3.63) is 28.3 Å². The van der Waals surface area contributed by atoms with E-state index >= 15 is 0 Å². The number of nitro benzene ring substituents is 1. The first-order valence-electron chi connectivity index (χ1n) is 7.56. The van der Waals surface area contributed by atoms with E-state index < -0.39 is 81.9 Å². The Balaban J connectivity index is 2.84. The minimum absolute atomic E-state index is 0.389. The first-order chi connectivity index (χ1) is 14.3. The first kappa shape index (κ1) is 27.5. The molecule has 0 saturated carbocycles. The molecule has 32 heavy (non-hydrogen) atoms. The van der Waals surface area contributed by atoms with Gasteiger partial charge >= 0.3 is 41.4 Å². The van der Waals surface area contributed by atoms with Gasteiger partial charge in [0.15, 0.2) is 19.0 Å². The molecular weight excluding hydrogens is 503 g/mol. The Hall–Kier alpha value is -2.53. The van der Waals surface area contributed by atoms with Gasteiger partial charge in [0.25, 0.3) is 0 Å². The maximum Gasteiger partial charge on any atom is 0.446 e. The van der Waals surface area contributed by atoms with Crippen molar-refractivity contribution in [2.75, 3.05) is 13.2 Å². The van der Waals surface area contributed by atoms with E-state index in [0.717, 1.165) is 0 Å². The molecule has 0 fully saturated rings.